The SMILES string of the molecule is CCOC(=O)C(C)(C)Oc1cccc2c1oc1ccccc12. The second-order valence-corrected chi connectivity index (χ2v) is 5.56. The number of fused-ring (bicyclic) bond motifs is 3. The van der Waals surface area contributed by atoms with Gasteiger partial charge in [0, 0.05) is 10.8 Å². The van der Waals surface area contributed by atoms with Crippen LogP contribution < -0.4 is 4.74 Å². The van der Waals surface area contributed by atoms with Crippen molar-refractivity contribution >= 4 is 27.9 Å². The molecular formula is C18H18O4. The highest BCUT2D eigenvalue weighted by atomic mass is 16.6. The maximum atomic E-state index is 12.0. The van der Waals surface area contributed by atoms with Crippen LogP contribution in [-0.4, -0.2) is 18.2 Å². The van der Waals surface area contributed by atoms with Gasteiger partial charge in [-0.2, -0.15) is 0 Å². The smallest absolute Gasteiger partial charge is 0.349 e. The Balaban J connectivity index is 2.06. The topological polar surface area (TPSA) is 48.7 Å². The summed E-state index contributed by atoms with van der Waals surface area (Å²) >= 11 is 0. The third-order valence-corrected chi connectivity index (χ3v) is 3.50. The molecule has 0 atom stereocenters. The quantitative estimate of drug-likeness (QED) is 0.674. The van der Waals surface area contributed by atoms with Crippen molar-refractivity contribution in [2.75, 3.05) is 6.61 Å². The first-order valence-corrected chi connectivity index (χ1v) is 7.29. The Morgan fingerprint density at radius 3 is 2.59 bits per heavy atom. The minimum Gasteiger partial charge on any atom is -0.472 e. The van der Waals surface area contributed by atoms with Gasteiger partial charge in [-0.3, -0.25) is 0 Å². The number of ether oxygens (including phenoxy) is 2. The molecule has 4 nitrogen and oxygen atoms in total. The predicted octanol–water partition coefficient (Wildman–Crippen LogP) is 4.31. The number of benzene rings is 2. The van der Waals surface area contributed by atoms with E-state index < -0.39 is 11.6 Å². The average Bonchev–Trinajstić information content (AvgIpc) is 2.87. The van der Waals surface area contributed by atoms with Crippen LogP contribution >= 0.6 is 0 Å². The summed E-state index contributed by atoms with van der Waals surface area (Å²) in [6.45, 7) is 5.47. The zero-order valence-electron chi connectivity index (χ0n) is 12.9. The molecule has 3 aromatic rings. The van der Waals surface area contributed by atoms with E-state index in [-0.39, 0.29) is 0 Å². The molecule has 1 heterocycles. The van der Waals surface area contributed by atoms with Crippen LogP contribution in [-0.2, 0) is 9.53 Å². The lowest BCUT2D eigenvalue weighted by Crippen LogP contribution is -2.39. The van der Waals surface area contributed by atoms with E-state index in [4.69, 9.17) is 13.9 Å². The molecule has 0 fully saturated rings. The minimum absolute atomic E-state index is 0.320. The van der Waals surface area contributed by atoms with Crippen LogP contribution in [0.2, 0.25) is 0 Å². The Hall–Kier alpha value is -2.49. The number of hydrogen-bond acceptors (Lipinski definition) is 4. The number of furan rings is 1. The molecule has 0 amide bonds. The van der Waals surface area contributed by atoms with E-state index in [0.717, 1.165) is 16.4 Å². The molecule has 4 heteroatoms. The first kappa shape index (κ1) is 14.4. The Kier molecular flexibility index (Phi) is 3.53. The monoisotopic (exact) mass is 298 g/mol. The van der Waals surface area contributed by atoms with Crippen molar-refractivity contribution in [3.05, 3.63) is 42.5 Å². The number of carbonyl (C=O) groups is 1. The molecule has 0 aliphatic carbocycles. The fourth-order valence-electron chi connectivity index (χ4n) is 2.42. The maximum absolute atomic E-state index is 12.0. The largest absolute Gasteiger partial charge is 0.472 e. The van der Waals surface area contributed by atoms with Crippen molar-refractivity contribution in [3.63, 3.8) is 0 Å². The fraction of sp³-hybridized carbons (Fsp3) is 0.278. The van der Waals surface area contributed by atoms with E-state index >= 15 is 0 Å². The van der Waals surface area contributed by atoms with Crippen LogP contribution in [0.15, 0.2) is 46.9 Å². The third-order valence-electron chi connectivity index (χ3n) is 3.50. The number of esters is 1. The summed E-state index contributed by atoms with van der Waals surface area (Å²) in [5.74, 6) is 0.134. The van der Waals surface area contributed by atoms with Gasteiger partial charge in [0.25, 0.3) is 0 Å². The number of hydrogen-bond donors (Lipinski definition) is 0. The van der Waals surface area contributed by atoms with E-state index in [9.17, 15) is 4.79 Å². The van der Waals surface area contributed by atoms with Crippen molar-refractivity contribution in [2.24, 2.45) is 0 Å². The van der Waals surface area contributed by atoms with Gasteiger partial charge in [0.15, 0.2) is 16.9 Å². The summed E-state index contributed by atoms with van der Waals surface area (Å²) < 4.78 is 16.8. The standard InChI is InChI=1S/C18H18O4/c1-4-20-17(19)18(2,3)22-15-11-7-9-13-12-8-5-6-10-14(12)21-16(13)15/h5-11H,4H2,1-3H3. The zero-order valence-corrected chi connectivity index (χ0v) is 12.9. The molecule has 0 spiro atoms. The van der Waals surface area contributed by atoms with Gasteiger partial charge in [-0.15, -0.1) is 0 Å². The third kappa shape index (κ3) is 2.41. The second-order valence-electron chi connectivity index (χ2n) is 5.56. The molecule has 3 rings (SSSR count). The molecule has 0 bridgehead atoms. The zero-order chi connectivity index (χ0) is 15.7. The molecule has 0 radical (unpaired) electrons. The van der Waals surface area contributed by atoms with Gasteiger partial charge < -0.3 is 13.9 Å². The minimum atomic E-state index is -1.08. The van der Waals surface area contributed by atoms with Gasteiger partial charge >= 0.3 is 5.97 Å². The number of para-hydroxylation sites is 2. The van der Waals surface area contributed by atoms with Crippen molar-refractivity contribution in [1.82, 2.24) is 0 Å². The van der Waals surface area contributed by atoms with Gasteiger partial charge in [0.1, 0.15) is 5.58 Å². The van der Waals surface area contributed by atoms with Crippen LogP contribution in [0.5, 0.6) is 5.75 Å². The molecule has 0 aliphatic heterocycles. The fourth-order valence-corrected chi connectivity index (χ4v) is 2.42. The second kappa shape index (κ2) is 5.37. The molecule has 22 heavy (non-hydrogen) atoms. The summed E-state index contributed by atoms with van der Waals surface area (Å²) in [5, 5.41) is 1.99. The summed E-state index contributed by atoms with van der Waals surface area (Å²) in [7, 11) is 0. The van der Waals surface area contributed by atoms with E-state index in [1.54, 1.807) is 26.8 Å². The summed E-state index contributed by atoms with van der Waals surface area (Å²) in [6.07, 6.45) is 0. The Morgan fingerprint density at radius 2 is 1.82 bits per heavy atom. The molecule has 0 unspecified atom stereocenters. The Bertz CT molecular complexity index is 829. The first-order valence-electron chi connectivity index (χ1n) is 7.29. The molecule has 2 aromatic carbocycles. The van der Waals surface area contributed by atoms with Gasteiger partial charge in [0.05, 0.1) is 6.61 Å². The molecule has 0 aliphatic rings. The maximum Gasteiger partial charge on any atom is 0.349 e. The first-order chi connectivity index (χ1) is 10.5. The van der Waals surface area contributed by atoms with Crippen molar-refractivity contribution < 1.29 is 18.7 Å². The van der Waals surface area contributed by atoms with Crippen LogP contribution in [0.4, 0.5) is 0 Å². The van der Waals surface area contributed by atoms with E-state index in [0.29, 0.717) is 17.9 Å². The lowest BCUT2D eigenvalue weighted by Gasteiger charge is -2.23. The lowest BCUT2D eigenvalue weighted by molar-refractivity contribution is -0.158. The number of carbonyl (C=O) groups excluding carboxylic acids is 1. The summed E-state index contributed by atoms with van der Waals surface area (Å²) in [5.41, 5.74) is 0.354. The van der Waals surface area contributed by atoms with Crippen LogP contribution in [0.25, 0.3) is 21.9 Å². The highest BCUT2D eigenvalue weighted by Gasteiger charge is 2.32. The summed E-state index contributed by atoms with van der Waals surface area (Å²) in [4.78, 5) is 12.0. The van der Waals surface area contributed by atoms with E-state index in [1.165, 1.54) is 0 Å². The molecule has 0 saturated carbocycles. The summed E-state index contributed by atoms with van der Waals surface area (Å²) in [6, 6.07) is 13.5. The Morgan fingerprint density at radius 1 is 1.09 bits per heavy atom. The highest BCUT2D eigenvalue weighted by molar-refractivity contribution is 6.06. The van der Waals surface area contributed by atoms with Crippen LogP contribution in [0.3, 0.4) is 0 Å². The van der Waals surface area contributed by atoms with E-state index in [1.807, 2.05) is 36.4 Å². The van der Waals surface area contributed by atoms with Crippen molar-refractivity contribution in [2.45, 2.75) is 26.4 Å². The van der Waals surface area contributed by atoms with Gasteiger partial charge in [0.2, 0.25) is 0 Å². The highest BCUT2D eigenvalue weighted by Crippen LogP contribution is 2.35. The molecule has 114 valence electrons. The van der Waals surface area contributed by atoms with E-state index in [2.05, 4.69) is 0 Å². The molecule has 0 N–H and O–H groups in total. The van der Waals surface area contributed by atoms with Crippen molar-refractivity contribution in [1.29, 1.82) is 0 Å². The van der Waals surface area contributed by atoms with Gasteiger partial charge in [-0.05, 0) is 32.9 Å². The van der Waals surface area contributed by atoms with Gasteiger partial charge in [-0.25, -0.2) is 4.79 Å². The molecular weight excluding hydrogens is 280 g/mol. The van der Waals surface area contributed by atoms with Crippen molar-refractivity contribution in [3.8, 4) is 5.75 Å². The number of rotatable bonds is 4. The average molecular weight is 298 g/mol. The predicted molar refractivity (Wildman–Crippen MR) is 85.1 cm³/mol. The Labute approximate surface area is 128 Å². The molecule has 1 aromatic heterocycles. The molecule has 0 saturated heterocycles. The normalized spacial score (nSPS) is 11.8. The van der Waals surface area contributed by atoms with Crippen LogP contribution in [0.1, 0.15) is 20.8 Å². The lowest BCUT2D eigenvalue weighted by atomic mass is 10.1. The van der Waals surface area contributed by atoms with Gasteiger partial charge in [-0.1, -0.05) is 30.3 Å². The van der Waals surface area contributed by atoms with Crippen LogP contribution in [0, 0.1) is 0 Å².